The first-order valence-electron chi connectivity index (χ1n) is 16.7. The van der Waals surface area contributed by atoms with E-state index >= 15 is 0 Å². The van der Waals surface area contributed by atoms with E-state index in [1.807, 2.05) is 0 Å². The van der Waals surface area contributed by atoms with Crippen molar-refractivity contribution in [2.75, 3.05) is 4.90 Å². The van der Waals surface area contributed by atoms with Crippen molar-refractivity contribution >= 4 is 16.9 Å². The maximum Gasteiger partial charge on any atom is 0.0563 e. The van der Waals surface area contributed by atoms with Crippen LogP contribution < -0.4 is 4.90 Å². The quantitative estimate of drug-likeness (QED) is 0.183. The van der Waals surface area contributed by atoms with Gasteiger partial charge in [0, 0.05) is 16.8 Å². The first-order valence-corrected chi connectivity index (χ1v) is 16.7. The van der Waals surface area contributed by atoms with Gasteiger partial charge in [-0.25, -0.2) is 0 Å². The zero-order valence-corrected chi connectivity index (χ0v) is 27.3. The fourth-order valence-corrected chi connectivity index (χ4v) is 7.52. The van der Waals surface area contributed by atoms with Crippen molar-refractivity contribution in [1.82, 2.24) is 0 Å². The molecule has 8 rings (SSSR count). The molecule has 0 aromatic heterocycles. The Morgan fingerprint density at radius 2 is 1.00 bits per heavy atom. The van der Waals surface area contributed by atoms with E-state index in [9.17, 15) is 0 Å². The molecule has 1 unspecified atom stereocenters. The van der Waals surface area contributed by atoms with Crippen LogP contribution in [-0.2, 0) is 5.41 Å². The van der Waals surface area contributed by atoms with Gasteiger partial charge in [0.05, 0.1) is 6.04 Å². The molecular formula is C46H39N. The van der Waals surface area contributed by atoms with Crippen molar-refractivity contribution in [1.29, 1.82) is 0 Å². The highest BCUT2D eigenvalue weighted by Crippen LogP contribution is 2.52. The molecule has 0 spiro atoms. The van der Waals surface area contributed by atoms with E-state index in [-0.39, 0.29) is 11.5 Å². The number of hydrogen-bond acceptors (Lipinski definition) is 1. The van der Waals surface area contributed by atoms with E-state index in [4.69, 9.17) is 0 Å². The fraction of sp³-hybridized carbons (Fsp3) is 0.130. The Kier molecular flexibility index (Phi) is 7.26. The number of benzene rings is 6. The molecule has 6 aromatic rings. The molecule has 1 heteroatoms. The summed E-state index contributed by atoms with van der Waals surface area (Å²) in [4.78, 5) is 2.52. The predicted octanol–water partition coefficient (Wildman–Crippen LogP) is 12.2. The largest absolute Gasteiger partial charge is 0.334 e. The second kappa shape index (κ2) is 11.8. The van der Waals surface area contributed by atoms with Gasteiger partial charge >= 0.3 is 0 Å². The molecule has 0 amide bonds. The standard InChI is InChI=1S/C46H39N/c1-32-14-23-39(24-15-32)47(40-25-20-36(21-26-40)34-12-8-5-9-13-34)41-27-29-43-42-28-22-38(30-44(42)46(2,3)45(43)31-41)37-18-16-35(17-19-37)33-10-6-4-7-11-33/h4-30,41H,31H2,1-3H3. The zero-order valence-electron chi connectivity index (χ0n) is 27.3. The van der Waals surface area contributed by atoms with Crippen LogP contribution in [0.5, 0.6) is 0 Å². The van der Waals surface area contributed by atoms with E-state index in [0.29, 0.717) is 0 Å². The number of aryl methyl sites for hydroxylation is 1. The summed E-state index contributed by atoms with van der Waals surface area (Å²) in [5.41, 5.74) is 16.9. The van der Waals surface area contributed by atoms with Crippen molar-refractivity contribution < 1.29 is 0 Å². The number of rotatable bonds is 6. The lowest BCUT2D eigenvalue weighted by Gasteiger charge is -2.37. The van der Waals surface area contributed by atoms with Gasteiger partial charge < -0.3 is 4.90 Å². The smallest absolute Gasteiger partial charge is 0.0563 e. The minimum absolute atomic E-state index is 0.0657. The molecule has 0 heterocycles. The van der Waals surface area contributed by atoms with Crippen LogP contribution in [0.3, 0.4) is 0 Å². The van der Waals surface area contributed by atoms with Gasteiger partial charge in [-0.15, -0.1) is 0 Å². The molecule has 47 heavy (non-hydrogen) atoms. The van der Waals surface area contributed by atoms with Gasteiger partial charge in [-0.1, -0.05) is 153 Å². The minimum Gasteiger partial charge on any atom is -0.334 e. The highest BCUT2D eigenvalue weighted by molar-refractivity contribution is 5.89. The molecule has 2 aliphatic rings. The van der Waals surface area contributed by atoms with Crippen LogP contribution in [-0.4, -0.2) is 6.04 Å². The monoisotopic (exact) mass is 605 g/mol. The normalized spacial score (nSPS) is 16.1. The molecule has 1 nitrogen and oxygen atoms in total. The number of fused-ring (bicyclic) bond motifs is 2. The van der Waals surface area contributed by atoms with Crippen molar-refractivity contribution in [3.05, 3.63) is 186 Å². The van der Waals surface area contributed by atoms with Crippen LogP contribution in [0, 0.1) is 6.92 Å². The lowest BCUT2D eigenvalue weighted by Crippen LogP contribution is -2.33. The van der Waals surface area contributed by atoms with Gasteiger partial charge in [0.15, 0.2) is 0 Å². The average molecular weight is 606 g/mol. The predicted molar refractivity (Wildman–Crippen MR) is 200 cm³/mol. The number of allylic oxidation sites excluding steroid dienone is 2. The molecule has 6 aromatic carbocycles. The molecule has 228 valence electrons. The Balaban J connectivity index is 1.10. The van der Waals surface area contributed by atoms with Gasteiger partial charge in [-0.3, -0.25) is 0 Å². The Labute approximate surface area is 279 Å². The van der Waals surface area contributed by atoms with Crippen LogP contribution in [0.1, 0.15) is 37.0 Å². The third kappa shape index (κ3) is 5.32. The van der Waals surface area contributed by atoms with Gasteiger partial charge in [-0.05, 0) is 99.3 Å². The van der Waals surface area contributed by atoms with Crippen LogP contribution in [0.4, 0.5) is 11.4 Å². The van der Waals surface area contributed by atoms with Crippen LogP contribution in [0.2, 0.25) is 0 Å². The highest BCUT2D eigenvalue weighted by Gasteiger charge is 2.40. The second-order valence-electron chi connectivity index (χ2n) is 13.5. The molecular weight excluding hydrogens is 567 g/mol. The molecule has 0 aliphatic heterocycles. The van der Waals surface area contributed by atoms with Crippen LogP contribution in [0.25, 0.3) is 39.0 Å². The molecule has 0 fully saturated rings. The lowest BCUT2D eigenvalue weighted by molar-refractivity contribution is 0.585. The van der Waals surface area contributed by atoms with E-state index in [1.54, 1.807) is 0 Å². The third-order valence-corrected chi connectivity index (χ3v) is 10.2. The molecule has 1 atom stereocenters. The third-order valence-electron chi connectivity index (χ3n) is 10.2. The van der Waals surface area contributed by atoms with Crippen molar-refractivity contribution in [3.63, 3.8) is 0 Å². The summed E-state index contributed by atoms with van der Waals surface area (Å²) in [6, 6.07) is 55.6. The van der Waals surface area contributed by atoms with Gasteiger partial charge in [0.1, 0.15) is 0 Å². The maximum absolute atomic E-state index is 2.52. The van der Waals surface area contributed by atoms with Crippen LogP contribution >= 0.6 is 0 Å². The summed E-state index contributed by atoms with van der Waals surface area (Å²) >= 11 is 0. The summed E-state index contributed by atoms with van der Waals surface area (Å²) in [7, 11) is 0. The van der Waals surface area contributed by atoms with Crippen molar-refractivity contribution in [3.8, 4) is 33.4 Å². The molecule has 2 aliphatic carbocycles. The van der Waals surface area contributed by atoms with Crippen LogP contribution in [0.15, 0.2) is 169 Å². The minimum atomic E-state index is -0.0657. The number of hydrogen-bond donors (Lipinski definition) is 0. The fourth-order valence-electron chi connectivity index (χ4n) is 7.52. The summed E-state index contributed by atoms with van der Waals surface area (Å²) in [5, 5.41) is 0. The SMILES string of the molecule is Cc1ccc(N(c2ccc(-c3ccccc3)cc2)C2C=CC3=C(C2)C(C)(C)c2cc(-c4ccc(-c5ccccc5)cc4)ccc23)cc1. The Morgan fingerprint density at radius 1 is 0.532 bits per heavy atom. The Morgan fingerprint density at radius 3 is 1.57 bits per heavy atom. The lowest BCUT2D eigenvalue weighted by atomic mass is 9.77. The van der Waals surface area contributed by atoms with Crippen molar-refractivity contribution in [2.45, 2.75) is 38.6 Å². The van der Waals surface area contributed by atoms with Gasteiger partial charge in [-0.2, -0.15) is 0 Å². The summed E-state index contributed by atoms with van der Waals surface area (Å²) in [6.07, 6.45) is 5.79. The maximum atomic E-state index is 2.52. The zero-order chi connectivity index (χ0) is 32.0. The molecule has 0 bridgehead atoms. The highest BCUT2D eigenvalue weighted by atomic mass is 15.2. The Bertz CT molecular complexity index is 2100. The molecule has 0 saturated carbocycles. The topological polar surface area (TPSA) is 3.24 Å². The molecule has 0 saturated heterocycles. The van der Waals surface area contributed by atoms with Gasteiger partial charge in [0.25, 0.3) is 0 Å². The van der Waals surface area contributed by atoms with E-state index in [1.165, 1.54) is 72.6 Å². The van der Waals surface area contributed by atoms with Crippen molar-refractivity contribution in [2.24, 2.45) is 0 Å². The number of nitrogens with zero attached hydrogens (tertiary/aromatic N) is 1. The summed E-state index contributed by atoms with van der Waals surface area (Å²) in [5.74, 6) is 0. The average Bonchev–Trinajstić information content (AvgIpc) is 3.35. The molecule has 0 radical (unpaired) electrons. The van der Waals surface area contributed by atoms with Gasteiger partial charge in [0.2, 0.25) is 0 Å². The first kappa shape index (κ1) is 29.0. The van der Waals surface area contributed by atoms with E-state index < -0.39 is 0 Å². The second-order valence-corrected chi connectivity index (χ2v) is 13.5. The van der Waals surface area contributed by atoms with E-state index in [0.717, 1.165) is 6.42 Å². The van der Waals surface area contributed by atoms with E-state index in [2.05, 4.69) is 189 Å². The Hall–Kier alpha value is -5.40. The summed E-state index contributed by atoms with van der Waals surface area (Å²) in [6.45, 7) is 6.99. The first-order chi connectivity index (χ1) is 23.0. The number of anilines is 2. The summed E-state index contributed by atoms with van der Waals surface area (Å²) < 4.78 is 0. The molecule has 0 N–H and O–H groups in total.